The third-order valence-corrected chi connectivity index (χ3v) is 5.29. The molecule has 0 bridgehead atoms. The van der Waals surface area contributed by atoms with Gasteiger partial charge < -0.3 is 20.4 Å². The summed E-state index contributed by atoms with van der Waals surface area (Å²) in [6, 6.07) is 3.76. The third kappa shape index (κ3) is 5.20. The van der Waals surface area contributed by atoms with Crippen LogP contribution in [-0.4, -0.2) is 57.6 Å². The number of benzene rings is 1. The van der Waals surface area contributed by atoms with Crippen LogP contribution in [0.4, 0.5) is 4.39 Å². The Labute approximate surface area is 184 Å². The van der Waals surface area contributed by atoms with Crippen LogP contribution in [0.3, 0.4) is 0 Å². The van der Waals surface area contributed by atoms with E-state index < -0.39 is 17.9 Å². The predicted molar refractivity (Wildman–Crippen MR) is 114 cm³/mol. The molecule has 1 aliphatic rings. The smallest absolute Gasteiger partial charge is 0.328 e. The topological polar surface area (TPSA) is 114 Å². The zero-order valence-electron chi connectivity index (χ0n) is 16.9. The first-order valence-corrected chi connectivity index (χ1v) is 9.81. The lowest BCUT2D eigenvalue weighted by Crippen LogP contribution is -2.43. The van der Waals surface area contributed by atoms with Gasteiger partial charge in [-0.05, 0) is 43.1 Å². The number of ether oxygens (including phenoxy) is 1. The number of nitrogens with zero attached hydrogens (tertiary/aromatic N) is 3. The van der Waals surface area contributed by atoms with Gasteiger partial charge in [-0.3, -0.25) is 9.48 Å². The predicted octanol–water partition coefficient (Wildman–Crippen LogP) is 1.59. The minimum absolute atomic E-state index is 0. The van der Waals surface area contributed by atoms with Crippen molar-refractivity contribution in [2.75, 3.05) is 13.7 Å². The number of methoxy groups -OCH3 is 1. The number of halogens is 2. The average molecular weight is 451 g/mol. The van der Waals surface area contributed by atoms with Crippen LogP contribution in [0.5, 0.6) is 0 Å². The van der Waals surface area contributed by atoms with Gasteiger partial charge >= 0.3 is 5.97 Å². The summed E-state index contributed by atoms with van der Waals surface area (Å²) in [6.07, 6.45) is 5.62. The van der Waals surface area contributed by atoms with Crippen molar-refractivity contribution >= 4 is 35.2 Å². The lowest BCUT2D eigenvalue weighted by atomic mass is 10.0. The summed E-state index contributed by atoms with van der Waals surface area (Å²) in [6.45, 7) is 1.61. The van der Waals surface area contributed by atoms with Crippen LogP contribution >= 0.6 is 12.4 Å². The van der Waals surface area contributed by atoms with Crippen molar-refractivity contribution in [3.63, 3.8) is 0 Å². The number of fused-ring (bicyclic) bond motifs is 1. The van der Waals surface area contributed by atoms with Gasteiger partial charge in [-0.25, -0.2) is 9.18 Å². The zero-order chi connectivity index (χ0) is 21.1. The second-order valence-corrected chi connectivity index (χ2v) is 7.38. The van der Waals surface area contributed by atoms with Crippen molar-refractivity contribution < 1.29 is 18.7 Å². The Morgan fingerprint density at radius 3 is 3.00 bits per heavy atom. The van der Waals surface area contributed by atoms with Gasteiger partial charge in [-0.2, -0.15) is 0 Å². The van der Waals surface area contributed by atoms with Crippen LogP contribution in [0.15, 0.2) is 30.6 Å². The second-order valence-electron chi connectivity index (χ2n) is 7.38. The molecule has 0 radical (unpaired) electrons. The molecule has 4 rings (SSSR count). The first-order valence-electron chi connectivity index (χ1n) is 9.81. The maximum absolute atomic E-state index is 13.4. The van der Waals surface area contributed by atoms with Gasteiger partial charge in [0.05, 0.1) is 19.9 Å². The molecule has 2 unspecified atom stereocenters. The molecule has 166 valence electrons. The van der Waals surface area contributed by atoms with Crippen molar-refractivity contribution in [2.45, 2.75) is 37.9 Å². The minimum atomic E-state index is -0.923. The lowest BCUT2D eigenvalue weighted by Gasteiger charge is -2.15. The van der Waals surface area contributed by atoms with Gasteiger partial charge in [0.15, 0.2) is 5.69 Å². The van der Waals surface area contributed by atoms with Crippen molar-refractivity contribution in [3.8, 4) is 0 Å². The fourth-order valence-electron chi connectivity index (χ4n) is 3.75. The van der Waals surface area contributed by atoms with E-state index in [0.29, 0.717) is 18.1 Å². The Kier molecular flexibility index (Phi) is 7.24. The van der Waals surface area contributed by atoms with Crippen molar-refractivity contribution in [3.05, 3.63) is 47.7 Å². The van der Waals surface area contributed by atoms with Crippen LogP contribution in [0.1, 0.15) is 28.9 Å². The molecule has 3 heterocycles. The van der Waals surface area contributed by atoms with Crippen LogP contribution in [0, 0.1) is 5.82 Å². The highest BCUT2D eigenvalue weighted by molar-refractivity contribution is 5.95. The van der Waals surface area contributed by atoms with Crippen LogP contribution < -0.4 is 10.6 Å². The molecule has 3 N–H and O–H groups in total. The summed E-state index contributed by atoms with van der Waals surface area (Å²) in [5, 5.41) is 14.7. The van der Waals surface area contributed by atoms with Crippen molar-refractivity contribution in [1.82, 2.24) is 30.6 Å². The number of rotatable bonds is 7. The monoisotopic (exact) mass is 450 g/mol. The van der Waals surface area contributed by atoms with E-state index >= 15 is 0 Å². The Morgan fingerprint density at radius 1 is 1.42 bits per heavy atom. The summed E-state index contributed by atoms with van der Waals surface area (Å²) in [5.74, 6) is -1.45. The molecular weight excluding hydrogens is 427 g/mol. The SMILES string of the molecule is COC(=O)C(Cc1c[nH]c2cc(F)ccc12)NC(=O)c1cn(CC2CCCN2)nn1.Cl. The molecule has 9 nitrogen and oxygen atoms in total. The maximum Gasteiger partial charge on any atom is 0.328 e. The minimum Gasteiger partial charge on any atom is -0.467 e. The summed E-state index contributed by atoms with van der Waals surface area (Å²) >= 11 is 0. The van der Waals surface area contributed by atoms with Gasteiger partial charge in [0.1, 0.15) is 11.9 Å². The van der Waals surface area contributed by atoms with E-state index in [0.717, 1.165) is 30.3 Å². The molecular formula is C20H24ClFN6O3. The van der Waals surface area contributed by atoms with E-state index in [9.17, 15) is 14.0 Å². The van der Waals surface area contributed by atoms with Gasteiger partial charge in [0.2, 0.25) is 0 Å². The summed E-state index contributed by atoms with van der Waals surface area (Å²) in [7, 11) is 1.26. The molecule has 0 aliphatic carbocycles. The third-order valence-electron chi connectivity index (χ3n) is 5.29. The van der Waals surface area contributed by atoms with E-state index in [1.54, 1.807) is 23.1 Å². The first-order chi connectivity index (χ1) is 14.5. The lowest BCUT2D eigenvalue weighted by molar-refractivity contribution is -0.142. The number of aromatic nitrogens is 4. The van der Waals surface area contributed by atoms with E-state index in [1.807, 2.05) is 0 Å². The number of amides is 1. The average Bonchev–Trinajstić information content (AvgIpc) is 3.49. The number of esters is 1. The number of hydrogen-bond acceptors (Lipinski definition) is 6. The zero-order valence-corrected chi connectivity index (χ0v) is 17.7. The second kappa shape index (κ2) is 9.88. The van der Waals surface area contributed by atoms with Gasteiger partial charge in [0.25, 0.3) is 5.91 Å². The Morgan fingerprint density at radius 2 is 2.26 bits per heavy atom. The molecule has 1 amide bonds. The molecule has 1 fully saturated rings. The number of nitrogens with one attached hydrogen (secondary N) is 3. The molecule has 3 aromatic rings. The maximum atomic E-state index is 13.4. The van der Waals surface area contributed by atoms with Crippen LogP contribution in [0.25, 0.3) is 10.9 Å². The quantitative estimate of drug-likeness (QED) is 0.471. The van der Waals surface area contributed by atoms with Crippen molar-refractivity contribution in [1.29, 1.82) is 0 Å². The van der Waals surface area contributed by atoms with Gasteiger partial charge in [-0.15, -0.1) is 17.5 Å². The standard InChI is InChI=1S/C20H23FN6O3.ClH/c1-30-20(29)17(7-12-9-23-16-8-13(21)4-5-15(12)16)24-19(28)18-11-27(26-25-18)10-14-3-2-6-22-14;/h4-5,8-9,11,14,17,22-23H,2-3,6-7,10H2,1H3,(H,24,28);1H. The molecule has 0 saturated carbocycles. The highest BCUT2D eigenvalue weighted by atomic mass is 35.5. The first kappa shape index (κ1) is 22.7. The molecule has 11 heteroatoms. The van der Waals surface area contributed by atoms with Gasteiger partial charge in [-0.1, -0.05) is 5.21 Å². The van der Waals surface area contributed by atoms with E-state index in [2.05, 4.69) is 25.9 Å². The highest BCUT2D eigenvalue weighted by Crippen LogP contribution is 2.21. The van der Waals surface area contributed by atoms with E-state index in [1.165, 1.54) is 19.2 Å². The number of carbonyl (C=O) groups excluding carboxylic acids is 2. The fourth-order valence-corrected chi connectivity index (χ4v) is 3.75. The number of hydrogen-bond donors (Lipinski definition) is 3. The summed E-state index contributed by atoms with van der Waals surface area (Å²) < 4.78 is 19.9. The fraction of sp³-hybridized carbons (Fsp3) is 0.400. The van der Waals surface area contributed by atoms with Crippen LogP contribution in [-0.2, 0) is 22.5 Å². The van der Waals surface area contributed by atoms with E-state index in [4.69, 9.17) is 4.74 Å². The Balaban J connectivity index is 0.00000272. The molecule has 1 saturated heterocycles. The largest absolute Gasteiger partial charge is 0.467 e. The van der Waals surface area contributed by atoms with E-state index in [-0.39, 0.29) is 30.3 Å². The van der Waals surface area contributed by atoms with Crippen LogP contribution in [0.2, 0.25) is 0 Å². The molecule has 2 aromatic heterocycles. The molecule has 31 heavy (non-hydrogen) atoms. The molecule has 1 aromatic carbocycles. The van der Waals surface area contributed by atoms with Crippen molar-refractivity contribution in [2.24, 2.45) is 0 Å². The number of carbonyl (C=O) groups is 2. The number of aromatic amines is 1. The summed E-state index contributed by atoms with van der Waals surface area (Å²) in [4.78, 5) is 27.9. The summed E-state index contributed by atoms with van der Waals surface area (Å²) in [5.41, 5.74) is 1.50. The molecule has 0 spiro atoms. The van der Waals surface area contributed by atoms with Gasteiger partial charge in [0, 0.05) is 29.6 Å². The Hall–Kier alpha value is -2.98. The molecule has 2 atom stereocenters. The number of H-pyrrole nitrogens is 1. The highest BCUT2D eigenvalue weighted by Gasteiger charge is 2.25. The normalized spacial score (nSPS) is 16.6. The molecule has 1 aliphatic heterocycles. The Bertz CT molecular complexity index is 1060.